The molecule has 2 amide bonds. The summed E-state index contributed by atoms with van der Waals surface area (Å²) in [5, 5.41) is 0.521. The highest BCUT2D eigenvalue weighted by atomic mass is 35.5. The van der Waals surface area contributed by atoms with Gasteiger partial charge in [0.15, 0.2) is 5.65 Å². The summed E-state index contributed by atoms with van der Waals surface area (Å²) in [6.45, 7) is 4.24. The molecule has 2 aromatic heterocycles. The number of nitrogens with two attached hydrogens (primary N) is 1. The molecule has 2 aliphatic rings. The summed E-state index contributed by atoms with van der Waals surface area (Å²) in [4.78, 5) is 39.2. The quantitative estimate of drug-likeness (QED) is 0.499. The van der Waals surface area contributed by atoms with E-state index < -0.39 is 5.91 Å². The third kappa shape index (κ3) is 5.33. The zero-order chi connectivity index (χ0) is 24.4. The van der Waals surface area contributed by atoms with Crippen LogP contribution in [0, 0.1) is 0 Å². The molecule has 35 heavy (non-hydrogen) atoms. The lowest BCUT2D eigenvalue weighted by Gasteiger charge is -2.31. The fraction of sp³-hybridized carbons (Fsp3) is 0.417. The van der Waals surface area contributed by atoms with E-state index in [-0.39, 0.29) is 18.4 Å². The van der Waals surface area contributed by atoms with Crippen LogP contribution in [-0.4, -0.2) is 77.2 Å². The van der Waals surface area contributed by atoms with E-state index in [1.807, 2.05) is 12.1 Å². The van der Waals surface area contributed by atoms with Gasteiger partial charge in [0, 0.05) is 50.3 Å². The number of rotatable bonds is 6. The number of pyridine rings is 1. The number of fused-ring (bicyclic) bond motifs is 1. The Morgan fingerprint density at radius 2 is 1.83 bits per heavy atom. The van der Waals surface area contributed by atoms with Crippen molar-refractivity contribution >= 4 is 40.3 Å². The number of nitrogens with one attached hydrogen (secondary N) is 1. The van der Waals surface area contributed by atoms with Crippen molar-refractivity contribution in [1.29, 1.82) is 0 Å². The Morgan fingerprint density at radius 1 is 1.11 bits per heavy atom. The normalized spacial score (nSPS) is 17.1. The van der Waals surface area contributed by atoms with Gasteiger partial charge in [-0.05, 0) is 18.2 Å². The molecule has 11 heteroatoms. The van der Waals surface area contributed by atoms with Gasteiger partial charge in [0.1, 0.15) is 12.5 Å². The molecule has 2 aliphatic heterocycles. The highest BCUT2D eigenvalue weighted by Gasteiger charge is 2.25. The van der Waals surface area contributed by atoms with E-state index in [2.05, 4.69) is 32.0 Å². The predicted molar refractivity (Wildman–Crippen MR) is 131 cm³/mol. The van der Waals surface area contributed by atoms with Crippen molar-refractivity contribution in [2.75, 3.05) is 44.3 Å². The van der Waals surface area contributed by atoms with Gasteiger partial charge in [-0.2, -0.15) is 4.98 Å². The zero-order valence-corrected chi connectivity index (χ0v) is 20.0. The summed E-state index contributed by atoms with van der Waals surface area (Å²) in [6.07, 6.45) is 0.906. The van der Waals surface area contributed by atoms with Crippen molar-refractivity contribution in [2.24, 2.45) is 5.73 Å². The van der Waals surface area contributed by atoms with Crippen LogP contribution in [-0.2, 0) is 14.3 Å². The number of carbonyl (C=O) groups excluding carboxylic acids is 2. The van der Waals surface area contributed by atoms with Gasteiger partial charge in [0.2, 0.25) is 11.8 Å². The average molecular weight is 499 g/mol. The van der Waals surface area contributed by atoms with Crippen molar-refractivity contribution < 1.29 is 19.1 Å². The number of ether oxygens (including phenoxy) is 2. The lowest BCUT2D eigenvalue weighted by atomic mass is 10.1. The number of primary amides is 1. The van der Waals surface area contributed by atoms with E-state index in [9.17, 15) is 9.59 Å². The smallest absolute Gasteiger partial charge is 0.296 e. The molecule has 0 aliphatic carbocycles. The Bertz CT molecular complexity index is 1220. The molecule has 2 saturated heterocycles. The van der Waals surface area contributed by atoms with Gasteiger partial charge < -0.3 is 30.0 Å². The molecule has 2 fully saturated rings. The van der Waals surface area contributed by atoms with E-state index in [4.69, 9.17) is 26.8 Å². The maximum atomic E-state index is 12.0. The highest BCUT2D eigenvalue weighted by Crippen LogP contribution is 2.31. The van der Waals surface area contributed by atoms with Crippen LogP contribution in [0.25, 0.3) is 22.4 Å². The van der Waals surface area contributed by atoms with Crippen molar-refractivity contribution in [3.8, 4) is 17.3 Å². The molecule has 0 saturated carbocycles. The minimum absolute atomic E-state index is 0.101. The van der Waals surface area contributed by atoms with Gasteiger partial charge in [0.05, 0.1) is 29.4 Å². The first-order valence-electron chi connectivity index (χ1n) is 11.7. The van der Waals surface area contributed by atoms with Crippen LogP contribution in [0.1, 0.15) is 19.3 Å². The van der Waals surface area contributed by atoms with Gasteiger partial charge in [0.25, 0.3) is 6.01 Å². The number of H-pyrrole nitrogens is 1. The second-order valence-corrected chi connectivity index (χ2v) is 9.13. The third-order valence-corrected chi connectivity index (χ3v) is 6.61. The van der Waals surface area contributed by atoms with Gasteiger partial charge in [-0.1, -0.05) is 23.7 Å². The molecule has 0 atom stereocenters. The standard InChI is InChI=1S/C24H27ClN6O4/c25-18-13-19-23(28-22(18)15-1-3-16(4-2-15)30-9-11-34-12-10-30)29-24(27-19)35-17-5-7-31(8-6-17)21(33)14-20(26)32/h1-4,13,17H,5-12,14H2,(H2,26,32)(H,27,28,29). The van der Waals surface area contributed by atoms with Gasteiger partial charge in [-0.25, -0.2) is 4.98 Å². The molecular formula is C24H27ClN6O4. The summed E-state index contributed by atoms with van der Waals surface area (Å²) in [5.41, 5.74) is 9.04. The molecule has 4 heterocycles. The number of amides is 2. The van der Waals surface area contributed by atoms with Gasteiger partial charge in [-0.3, -0.25) is 9.59 Å². The van der Waals surface area contributed by atoms with Crippen molar-refractivity contribution in [3.63, 3.8) is 0 Å². The van der Waals surface area contributed by atoms with Crippen LogP contribution in [0.2, 0.25) is 5.02 Å². The summed E-state index contributed by atoms with van der Waals surface area (Å²) < 4.78 is 11.4. The first kappa shape index (κ1) is 23.4. The molecule has 1 aromatic carbocycles. The number of nitrogens with zero attached hydrogens (tertiary/aromatic N) is 4. The molecular weight excluding hydrogens is 472 g/mol. The molecule has 0 unspecified atom stereocenters. The van der Waals surface area contributed by atoms with Crippen LogP contribution in [0.5, 0.6) is 6.01 Å². The number of hydrogen-bond acceptors (Lipinski definition) is 7. The predicted octanol–water partition coefficient (Wildman–Crippen LogP) is 2.36. The summed E-state index contributed by atoms with van der Waals surface area (Å²) >= 11 is 6.56. The van der Waals surface area contributed by atoms with E-state index >= 15 is 0 Å². The van der Waals surface area contributed by atoms with E-state index in [0.29, 0.717) is 53.8 Å². The van der Waals surface area contributed by atoms with Crippen LogP contribution in [0.3, 0.4) is 0 Å². The lowest BCUT2D eigenvalue weighted by molar-refractivity contribution is -0.136. The van der Waals surface area contributed by atoms with E-state index in [1.165, 1.54) is 0 Å². The van der Waals surface area contributed by atoms with Crippen LogP contribution >= 0.6 is 11.6 Å². The number of aromatic amines is 1. The average Bonchev–Trinajstić information content (AvgIpc) is 3.25. The fourth-order valence-corrected chi connectivity index (χ4v) is 4.71. The first-order valence-corrected chi connectivity index (χ1v) is 12.1. The van der Waals surface area contributed by atoms with Crippen molar-refractivity contribution in [3.05, 3.63) is 35.4 Å². The second kappa shape index (κ2) is 10.1. The summed E-state index contributed by atoms with van der Waals surface area (Å²) in [7, 11) is 0. The molecule has 0 radical (unpaired) electrons. The van der Waals surface area contributed by atoms with Gasteiger partial charge in [-0.15, -0.1) is 0 Å². The van der Waals surface area contributed by atoms with Crippen molar-refractivity contribution in [1.82, 2.24) is 19.9 Å². The maximum absolute atomic E-state index is 12.0. The minimum Gasteiger partial charge on any atom is -0.461 e. The molecule has 3 N–H and O–H groups in total. The number of benzene rings is 1. The Labute approximate surface area is 207 Å². The number of halogens is 1. The highest BCUT2D eigenvalue weighted by molar-refractivity contribution is 6.33. The molecule has 184 valence electrons. The Morgan fingerprint density at radius 3 is 2.51 bits per heavy atom. The van der Waals surface area contributed by atoms with E-state index in [0.717, 1.165) is 37.6 Å². The number of aromatic nitrogens is 3. The number of imidazole rings is 1. The summed E-state index contributed by atoms with van der Waals surface area (Å²) in [6, 6.07) is 10.3. The van der Waals surface area contributed by atoms with Crippen LogP contribution in [0.15, 0.2) is 30.3 Å². The number of carbonyl (C=O) groups is 2. The zero-order valence-electron chi connectivity index (χ0n) is 19.2. The largest absolute Gasteiger partial charge is 0.461 e. The number of hydrogen-bond donors (Lipinski definition) is 2. The Kier molecular flexibility index (Phi) is 6.74. The number of morpholine rings is 1. The Hall–Kier alpha value is -3.37. The number of piperidine rings is 1. The molecule has 5 rings (SSSR count). The van der Waals surface area contributed by atoms with E-state index in [1.54, 1.807) is 11.0 Å². The monoisotopic (exact) mass is 498 g/mol. The third-order valence-electron chi connectivity index (χ3n) is 6.32. The SMILES string of the molecule is NC(=O)CC(=O)N1CCC(Oc2nc3nc(-c4ccc(N5CCOCC5)cc4)c(Cl)cc3[nH]2)CC1. The number of anilines is 1. The fourth-order valence-electron chi connectivity index (χ4n) is 4.45. The first-order chi connectivity index (χ1) is 17.0. The number of likely N-dealkylation sites (tertiary alicyclic amines) is 1. The second-order valence-electron chi connectivity index (χ2n) is 8.72. The van der Waals surface area contributed by atoms with Gasteiger partial charge >= 0.3 is 0 Å². The summed E-state index contributed by atoms with van der Waals surface area (Å²) in [5.74, 6) is -0.863. The lowest BCUT2D eigenvalue weighted by Crippen LogP contribution is -2.43. The van der Waals surface area contributed by atoms with Crippen LogP contribution in [0.4, 0.5) is 5.69 Å². The maximum Gasteiger partial charge on any atom is 0.296 e. The Balaban J connectivity index is 1.26. The molecule has 10 nitrogen and oxygen atoms in total. The molecule has 3 aromatic rings. The topological polar surface area (TPSA) is 127 Å². The van der Waals surface area contributed by atoms with Crippen LogP contribution < -0.4 is 15.4 Å². The molecule has 0 spiro atoms. The minimum atomic E-state index is -0.616. The van der Waals surface area contributed by atoms with Crippen molar-refractivity contribution in [2.45, 2.75) is 25.4 Å². The molecule has 0 bridgehead atoms.